The summed E-state index contributed by atoms with van der Waals surface area (Å²) < 4.78 is 0. The van der Waals surface area contributed by atoms with Crippen LogP contribution in [0.15, 0.2) is 42.7 Å². The molecule has 0 bridgehead atoms. The Kier molecular flexibility index (Phi) is 4.99. The number of aromatic nitrogens is 1. The molecule has 1 aromatic heterocycles. The highest BCUT2D eigenvalue weighted by molar-refractivity contribution is 6.33. The smallest absolute Gasteiger partial charge is 0.254 e. The van der Waals surface area contributed by atoms with E-state index in [1.165, 1.54) is 6.20 Å². The van der Waals surface area contributed by atoms with E-state index in [-0.39, 0.29) is 11.9 Å². The molecular weight excluding hydrogens is 295 g/mol. The van der Waals surface area contributed by atoms with Crippen molar-refractivity contribution in [3.8, 4) is 0 Å². The van der Waals surface area contributed by atoms with Gasteiger partial charge in [-0.15, -0.1) is 0 Å². The van der Waals surface area contributed by atoms with Crippen LogP contribution in [-0.2, 0) is 6.42 Å². The molecule has 104 valence electrons. The molecule has 1 atom stereocenters. The quantitative estimate of drug-likeness (QED) is 0.934. The number of benzene rings is 1. The third-order valence-electron chi connectivity index (χ3n) is 2.85. The number of pyridine rings is 1. The summed E-state index contributed by atoms with van der Waals surface area (Å²) in [4.78, 5) is 16.0. The van der Waals surface area contributed by atoms with E-state index in [2.05, 4.69) is 10.3 Å². The maximum Gasteiger partial charge on any atom is 0.254 e. The van der Waals surface area contributed by atoms with E-state index in [9.17, 15) is 4.79 Å². The van der Waals surface area contributed by atoms with Crippen molar-refractivity contribution in [3.63, 3.8) is 0 Å². The Bertz CT molecular complexity index is 599. The van der Waals surface area contributed by atoms with Gasteiger partial charge in [-0.1, -0.05) is 35.3 Å². The Hall–Kier alpha value is -1.58. The Morgan fingerprint density at radius 2 is 1.95 bits per heavy atom. The highest BCUT2D eigenvalue weighted by atomic mass is 35.5. The fourth-order valence-electron chi connectivity index (χ4n) is 1.87. The number of hydrogen-bond donors (Lipinski definition) is 1. The van der Waals surface area contributed by atoms with Gasteiger partial charge in [0.15, 0.2) is 0 Å². The fraction of sp³-hybridized carbons (Fsp3) is 0.200. The van der Waals surface area contributed by atoms with Crippen LogP contribution in [0, 0.1) is 0 Å². The second-order valence-corrected chi connectivity index (χ2v) is 5.40. The van der Waals surface area contributed by atoms with Crippen LogP contribution in [0.25, 0.3) is 0 Å². The second-order valence-electron chi connectivity index (χ2n) is 4.56. The monoisotopic (exact) mass is 308 g/mol. The van der Waals surface area contributed by atoms with Crippen molar-refractivity contribution in [1.29, 1.82) is 0 Å². The maximum atomic E-state index is 12.1. The Balaban J connectivity index is 1.98. The summed E-state index contributed by atoms with van der Waals surface area (Å²) in [5, 5.41) is 4.00. The largest absolute Gasteiger partial charge is 0.349 e. The highest BCUT2D eigenvalue weighted by Crippen LogP contribution is 2.14. The second kappa shape index (κ2) is 6.73. The van der Waals surface area contributed by atoms with Gasteiger partial charge in [0.25, 0.3) is 5.91 Å². The van der Waals surface area contributed by atoms with Crippen LogP contribution in [0.4, 0.5) is 0 Å². The van der Waals surface area contributed by atoms with Crippen LogP contribution in [0.3, 0.4) is 0 Å². The van der Waals surface area contributed by atoms with Crippen molar-refractivity contribution in [3.05, 3.63) is 63.9 Å². The average molecular weight is 309 g/mol. The Morgan fingerprint density at radius 3 is 2.60 bits per heavy atom. The molecule has 1 heterocycles. The van der Waals surface area contributed by atoms with Gasteiger partial charge < -0.3 is 5.32 Å². The van der Waals surface area contributed by atoms with E-state index in [0.29, 0.717) is 15.6 Å². The van der Waals surface area contributed by atoms with Crippen LogP contribution >= 0.6 is 23.2 Å². The zero-order valence-electron chi connectivity index (χ0n) is 10.9. The van der Waals surface area contributed by atoms with Crippen LogP contribution in [0.1, 0.15) is 22.8 Å². The Morgan fingerprint density at radius 1 is 1.25 bits per heavy atom. The first-order chi connectivity index (χ1) is 9.56. The van der Waals surface area contributed by atoms with Gasteiger partial charge in [0.05, 0.1) is 10.6 Å². The lowest BCUT2D eigenvalue weighted by atomic mass is 10.1. The van der Waals surface area contributed by atoms with Crippen LogP contribution < -0.4 is 5.32 Å². The highest BCUT2D eigenvalue weighted by Gasteiger charge is 2.13. The van der Waals surface area contributed by atoms with Gasteiger partial charge in [0.1, 0.15) is 0 Å². The van der Waals surface area contributed by atoms with Crippen LogP contribution in [0.2, 0.25) is 10.0 Å². The van der Waals surface area contributed by atoms with E-state index < -0.39 is 0 Å². The first-order valence-electron chi connectivity index (χ1n) is 6.21. The van der Waals surface area contributed by atoms with Crippen molar-refractivity contribution in [2.45, 2.75) is 19.4 Å². The topological polar surface area (TPSA) is 42.0 Å². The number of rotatable bonds is 4. The molecule has 20 heavy (non-hydrogen) atoms. The summed E-state index contributed by atoms with van der Waals surface area (Å²) >= 11 is 11.8. The minimum absolute atomic E-state index is 0.0139. The summed E-state index contributed by atoms with van der Waals surface area (Å²) in [7, 11) is 0. The molecule has 0 saturated heterocycles. The van der Waals surface area contributed by atoms with Gasteiger partial charge in [-0.2, -0.15) is 0 Å². The normalized spacial score (nSPS) is 11.9. The summed E-state index contributed by atoms with van der Waals surface area (Å²) in [6.07, 6.45) is 3.74. The molecule has 0 spiro atoms. The number of hydrogen-bond acceptors (Lipinski definition) is 2. The molecule has 0 aliphatic rings. The molecule has 0 aliphatic carbocycles. The van der Waals surface area contributed by atoms with Gasteiger partial charge in [-0.25, -0.2) is 0 Å². The Labute approximate surface area is 127 Å². The SMILES string of the molecule is CC(Cc1ccc(Cl)cc1)NC(=O)c1cnccc1Cl. The number of carbonyl (C=O) groups excluding carboxylic acids is 1. The lowest BCUT2D eigenvalue weighted by Crippen LogP contribution is -2.34. The summed E-state index contributed by atoms with van der Waals surface area (Å²) in [6.45, 7) is 1.94. The van der Waals surface area contributed by atoms with Gasteiger partial charge in [-0.3, -0.25) is 9.78 Å². The summed E-state index contributed by atoms with van der Waals surface area (Å²) in [5.74, 6) is -0.218. The van der Waals surface area contributed by atoms with E-state index in [0.717, 1.165) is 12.0 Å². The molecule has 2 rings (SSSR count). The molecule has 5 heteroatoms. The molecule has 1 unspecified atom stereocenters. The molecule has 0 fully saturated rings. The summed E-state index contributed by atoms with van der Waals surface area (Å²) in [6, 6.07) is 9.15. The van der Waals surface area contributed by atoms with Crippen molar-refractivity contribution >= 4 is 29.1 Å². The third-order valence-corrected chi connectivity index (χ3v) is 3.43. The van der Waals surface area contributed by atoms with E-state index in [1.807, 2.05) is 31.2 Å². The molecule has 1 amide bonds. The molecule has 0 radical (unpaired) electrons. The van der Waals surface area contributed by atoms with E-state index in [1.54, 1.807) is 12.3 Å². The van der Waals surface area contributed by atoms with Crippen molar-refractivity contribution in [2.75, 3.05) is 0 Å². The summed E-state index contributed by atoms with van der Waals surface area (Å²) in [5.41, 5.74) is 1.50. The van der Waals surface area contributed by atoms with Gasteiger partial charge >= 0.3 is 0 Å². The average Bonchev–Trinajstić information content (AvgIpc) is 2.41. The first-order valence-corrected chi connectivity index (χ1v) is 6.96. The van der Waals surface area contributed by atoms with Crippen LogP contribution in [0.5, 0.6) is 0 Å². The minimum Gasteiger partial charge on any atom is -0.349 e. The van der Waals surface area contributed by atoms with Crippen molar-refractivity contribution in [1.82, 2.24) is 10.3 Å². The molecular formula is C15H14Cl2N2O. The molecule has 0 aliphatic heterocycles. The van der Waals surface area contributed by atoms with Gasteiger partial charge in [-0.05, 0) is 37.1 Å². The molecule has 3 nitrogen and oxygen atoms in total. The number of nitrogens with one attached hydrogen (secondary N) is 1. The zero-order valence-corrected chi connectivity index (χ0v) is 12.4. The van der Waals surface area contributed by atoms with Crippen molar-refractivity contribution in [2.24, 2.45) is 0 Å². The molecule has 1 N–H and O–H groups in total. The standard InChI is InChI=1S/C15H14Cl2N2O/c1-10(8-11-2-4-12(16)5-3-11)19-15(20)13-9-18-7-6-14(13)17/h2-7,9-10H,8H2,1H3,(H,19,20). The molecule has 1 aromatic carbocycles. The minimum atomic E-state index is -0.218. The number of amides is 1. The predicted octanol–water partition coefficient (Wildman–Crippen LogP) is 3.75. The first kappa shape index (κ1) is 14.8. The van der Waals surface area contributed by atoms with Crippen LogP contribution in [-0.4, -0.2) is 16.9 Å². The number of halogens is 2. The maximum absolute atomic E-state index is 12.1. The number of carbonyl (C=O) groups is 1. The predicted molar refractivity (Wildman–Crippen MR) is 81.3 cm³/mol. The molecule has 0 saturated carbocycles. The zero-order chi connectivity index (χ0) is 14.5. The van der Waals surface area contributed by atoms with Gasteiger partial charge in [0, 0.05) is 23.5 Å². The lowest BCUT2D eigenvalue weighted by Gasteiger charge is -2.14. The lowest BCUT2D eigenvalue weighted by molar-refractivity contribution is 0.0940. The van der Waals surface area contributed by atoms with Crippen molar-refractivity contribution < 1.29 is 4.79 Å². The van der Waals surface area contributed by atoms with E-state index in [4.69, 9.17) is 23.2 Å². The van der Waals surface area contributed by atoms with E-state index >= 15 is 0 Å². The fourth-order valence-corrected chi connectivity index (χ4v) is 2.19. The molecule has 2 aromatic rings. The third kappa shape index (κ3) is 3.95. The van der Waals surface area contributed by atoms with Gasteiger partial charge in [0.2, 0.25) is 0 Å². The number of nitrogens with zero attached hydrogens (tertiary/aromatic N) is 1.